The van der Waals surface area contributed by atoms with Gasteiger partial charge in [0.15, 0.2) is 0 Å². The molecule has 2 fully saturated rings. The predicted octanol–water partition coefficient (Wildman–Crippen LogP) is 4.33. The molecule has 1 heterocycles. The van der Waals surface area contributed by atoms with E-state index in [1.807, 2.05) is 71.3 Å². The summed E-state index contributed by atoms with van der Waals surface area (Å²) in [5.41, 5.74) is 1.87. The molecule has 5 heteroatoms. The Hall–Kier alpha value is -3.34. The molecule has 1 aliphatic heterocycles. The van der Waals surface area contributed by atoms with Crippen molar-refractivity contribution in [2.24, 2.45) is 5.92 Å². The molecular weight excluding hydrogens is 400 g/mol. The van der Waals surface area contributed by atoms with Gasteiger partial charge in [-0.05, 0) is 41.7 Å². The van der Waals surface area contributed by atoms with Crippen LogP contribution in [0.15, 0.2) is 66.7 Å². The number of benzene rings is 3. The Labute approximate surface area is 188 Å². The lowest BCUT2D eigenvalue weighted by atomic mass is 10.0. The summed E-state index contributed by atoms with van der Waals surface area (Å²) in [6.45, 7) is 4.68. The van der Waals surface area contributed by atoms with E-state index in [0.29, 0.717) is 50.0 Å². The second-order valence-electron chi connectivity index (χ2n) is 8.57. The summed E-state index contributed by atoms with van der Waals surface area (Å²) in [7, 11) is 0. The fourth-order valence-corrected chi connectivity index (χ4v) is 4.81. The first-order chi connectivity index (χ1) is 15.7. The number of amides is 2. The van der Waals surface area contributed by atoms with Crippen LogP contribution in [0, 0.1) is 5.92 Å². The van der Waals surface area contributed by atoms with Crippen molar-refractivity contribution in [3.8, 4) is 5.75 Å². The summed E-state index contributed by atoms with van der Waals surface area (Å²) in [6, 6.07) is 22.1. The van der Waals surface area contributed by atoms with E-state index in [0.717, 1.165) is 17.2 Å². The standard InChI is InChI=1S/C27H28N2O3/c1-2-32-24-13-12-20-10-6-7-11-21(20)25(24)27(31)29-16-14-28(15-17-29)26(30)23-18-22(23)19-8-4-3-5-9-19/h3-13,22-23H,2,14-18H2,1H3/t22-,23-/m1/s1. The number of nitrogens with zero attached hydrogens (tertiary/aromatic N) is 2. The average Bonchev–Trinajstić information content (AvgIpc) is 3.65. The second-order valence-corrected chi connectivity index (χ2v) is 8.57. The van der Waals surface area contributed by atoms with E-state index in [9.17, 15) is 9.59 Å². The lowest BCUT2D eigenvalue weighted by Crippen LogP contribution is -2.51. The van der Waals surface area contributed by atoms with Crippen LogP contribution in [0.3, 0.4) is 0 Å². The van der Waals surface area contributed by atoms with Crippen molar-refractivity contribution in [2.45, 2.75) is 19.3 Å². The second kappa shape index (κ2) is 8.65. The third-order valence-corrected chi connectivity index (χ3v) is 6.62. The predicted molar refractivity (Wildman–Crippen MR) is 125 cm³/mol. The molecule has 1 aliphatic carbocycles. The Balaban J connectivity index is 1.27. The van der Waals surface area contributed by atoms with E-state index in [2.05, 4.69) is 12.1 Å². The molecule has 1 saturated heterocycles. The molecule has 0 bridgehead atoms. The van der Waals surface area contributed by atoms with Gasteiger partial charge in [0, 0.05) is 32.1 Å². The Kier molecular flexibility index (Phi) is 5.56. The highest BCUT2D eigenvalue weighted by molar-refractivity contribution is 6.09. The molecule has 5 nitrogen and oxygen atoms in total. The molecule has 164 valence electrons. The lowest BCUT2D eigenvalue weighted by molar-refractivity contribution is -0.134. The molecule has 0 aromatic heterocycles. The molecule has 0 radical (unpaired) electrons. The van der Waals surface area contributed by atoms with Gasteiger partial charge in [-0.25, -0.2) is 0 Å². The Bertz CT molecular complexity index is 1140. The molecular formula is C27H28N2O3. The highest BCUT2D eigenvalue weighted by atomic mass is 16.5. The van der Waals surface area contributed by atoms with E-state index in [-0.39, 0.29) is 17.7 Å². The van der Waals surface area contributed by atoms with E-state index < -0.39 is 0 Å². The summed E-state index contributed by atoms with van der Waals surface area (Å²) < 4.78 is 5.80. The van der Waals surface area contributed by atoms with Crippen molar-refractivity contribution < 1.29 is 14.3 Å². The molecule has 2 atom stereocenters. The molecule has 1 saturated carbocycles. The number of piperazine rings is 1. The van der Waals surface area contributed by atoms with Gasteiger partial charge in [0.25, 0.3) is 5.91 Å². The van der Waals surface area contributed by atoms with E-state index >= 15 is 0 Å². The van der Waals surface area contributed by atoms with Crippen molar-refractivity contribution in [3.05, 3.63) is 77.9 Å². The number of rotatable bonds is 5. The first-order valence-corrected chi connectivity index (χ1v) is 11.4. The number of fused-ring (bicyclic) bond motifs is 1. The Morgan fingerprint density at radius 1 is 0.875 bits per heavy atom. The van der Waals surface area contributed by atoms with Gasteiger partial charge >= 0.3 is 0 Å². The molecule has 0 unspecified atom stereocenters. The van der Waals surface area contributed by atoms with Gasteiger partial charge in [0.2, 0.25) is 5.91 Å². The van der Waals surface area contributed by atoms with E-state index in [1.54, 1.807) is 0 Å². The zero-order valence-corrected chi connectivity index (χ0v) is 18.4. The van der Waals surface area contributed by atoms with E-state index in [1.165, 1.54) is 5.56 Å². The van der Waals surface area contributed by atoms with Crippen molar-refractivity contribution in [2.75, 3.05) is 32.8 Å². The molecule has 0 N–H and O–H groups in total. The first kappa shape index (κ1) is 20.6. The van der Waals surface area contributed by atoms with Gasteiger partial charge in [0.1, 0.15) is 5.75 Å². The maximum atomic E-state index is 13.5. The van der Waals surface area contributed by atoms with Crippen LogP contribution >= 0.6 is 0 Å². The van der Waals surface area contributed by atoms with Crippen LogP contribution in [0.25, 0.3) is 10.8 Å². The number of carbonyl (C=O) groups is 2. The van der Waals surface area contributed by atoms with Crippen molar-refractivity contribution in [3.63, 3.8) is 0 Å². The minimum Gasteiger partial charge on any atom is -0.493 e. The minimum absolute atomic E-state index is 0.0223. The highest BCUT2D eigenvalue weighted by Gasteiger charge is 2.46. The molecule has 0 spiro atoms. The van der Waals surface area contributed by atoms with Gasteiger partial charge in [0.05, 0.1) is 12.2 Å². The normalized spacial score (nSPS) is 20.3. The average molecular weight is 429 g/mol. The van der Waals surface area contributed by atoms with Crippen LogP contribution in [0.1, 0.15) is 35.2 Å². The van der Waals surface area contributed by atoms with Crippen LogP contribution in [0.2, 0.25) is 0 Å². The van der Waals surface area contributed by atoms with Crippen molar-refractivity contribution in [1.82, 2.24) is 9.80 Å². The summed E-state index contributed by atoms with van der Waals surface area (Å²) >= 11 is 0. The zero-order valence-electron chi connectivity index (χ0n) is 18.4. The molecule has 3 aromatic rings. The highest BCUT2D eigenvalue weighted by Crippen LogP contribution is 2.48. The fourth-order valence-electron chi connectivity index (χ4n) is 4.81. The Morgan fingerprint density at radius 2 is 1.56 bits per heavy atom. The maximum Gasteiger partial charge on any atom is 0.258 e. The fraction of sp³-hybridized carbons (Fsp3) is 0.333. The maximum absolute atomic E-state index is 13.5. The lowest BCUT2D eigenvalue weighted by Gasteiger charge is -2.35. The quantitative estimate of drug-likeness (QED) is 0.608. The summed E-state index contributed by atoms with van der Waals surface area (Å²) in [5.74, 6) is 1.26. The molecule has 2 aliphatic rings. The van der Waals surface area contributed by atoms with Gasteiger partial charge in [-0.15, -0.1) is 0 Å². The number of hydrogen-bond acceptors (Lipinski definition) is 3. The Morgan fingerprint density at radius 3 is 2.31 bits per heavy atom. The third-order valence-electron chi connectivity index (χ3n) is 6.62. The summed E-state index contributed by atoms with van der Waals surface area (Å²) in [6.07, 6.45) is 0.926. The van der Waals surface area contributed by atoms with Crippen molar-refractivity contribution >= 4 is 22.6 Å². The van der Waals surface area contributed by atoms with Crippen LogP contribution < -0.4 is 4.74 Å². The smallest absolute Gasteiger partial charge is 0.258 e. The summed E-state index contributed by atoms with van der Waals surface area (Å²) in [5, 5.41) is 1.93. The van der Waals surface area contributed by atoms with E-state index in [4.69, 9.17) is 4.74 Å². The zero-order chi connectivity index (χ0) is 22.1. The third kappa shape index (κ3) is 3.83. The van der Waals surface area contributed by atoms with Crippen LogP contribution in [-0.2, 0) is 4.79 Å². The van der Waals surface area contributed by atoms with Gasteiger partial charge in [-0.2, -0.15) is 0 Å². The molecule has 5 rings (SSSR count). The SMILES string of the molecule is CCOc1ccc2ccccc2c1C(=O)N1CCN(C(=O)[C@@H]2C[C@@H]2c2ccccc2)CC1. The number of hydrogen-bond donors (Lipinski definition) is 0. The van der Waals surface area contributed by atoms with Crippen LogP contribution in [0.5, 0.6) is 5.75 Å². The monoisotopic (exact) mass is 428 g/mol. The van der Waals surface area contributed by atoms with Gasteiger partial charge in [-0.3, -0.25) is 9.59 Å². The van der Waals surface area contributed by atoms with Crippen molar-refractivity contribution in [1.29, 1.82) is 0 Å². The molecule has 2 amide bonds. The van der Waals surface area contributed by atoms with Gasteiger partial charge in [-0.1, -0.05) is 60.7 Å². The molecule has 32 heavy (non-hydrogen) atoms. The van der Waals surface area contributed by atoms with Gasteiger partial charge < -0.3 is 14.5 Å². The number of ether oxygens (including phenoxy) is 1. The summed E-state index contributed by atoms with van der Waals surface area (Å²) in [4.78, 5) is 30.3. The first-order valence-electron chi connectivity index (χ1n) is 11.4. The minimum atomic E-state index is -0.0223. The topological polar surface area (TPSA) is 49.9 Å². The largest absolute Gasteiger partial charge is 0.493 e. The van der Waals surface area contributed by atoms with Crippen LogP contribution in [0.4, 0.5) is 0 Å². The van der Waals surface area contributed by atoms with Crippen LogP contribution in [-0.4, -0.2) is 54.4 Å². The number of carbonyl (C=O) groups excluding carboxylic acids is 2. The molecule has 3 aromatic carbocycles.